The smallest absolute Gasteiger partial charge is 0.262 e. The minimum atomic E-state index is -0.415. The van der Waals surface area contributed by atoms with Gasteiger partial charge in [-0.05, 0) is 12.8 Å². The van der Waals surface area contributed by atoms with E-state index in [1.165, 1.54) is 6.33 Å². The number of H-pyrrole nitrogens is 1. The highest BCUT2D eigenvalue weighted by Gasteiger charge is 2.21. The normalized spacial score (nSPS) is 12.6. The molecule has 2 heterocycles. The molecule has 1 unspecified atom stereocenters. The van der Waals surface area contributed by atoms with E-state index in [2.05, 4.69) is 15.3 Å². The molecular formula is C12H15N3O4. The number of furan rings is 1. The Bertz CT molecular complexity index is 659. The van der Waals surface area contributed by atoms with Gasteiger partial charge in [0.05, 0.1) is 11.9 Å². The highest BCUT2D eigenvalue weighted by molar-refractivity contribution is 6.06. The number of nitrogens with one attached hydrogen (secondary N) is 2. The van der Waals surface area contributed by atoms with E-state index in [1.807, 2.05) is 0 Å². The van der Waals surface area contributed by atoms with Crippen LogP contribution in [0.1, 0.15) is 23.0 Å². The van der Waals surface area contributed by atoms with Gasteiger partial charge < -0.3 is 19.8 Å². The van der Waals surface area contributed by atoms with Gasteiger partial charge in [0.25, 0.3) is 11.5 Å². The van der Waals surface area contributed by atoms with Gasteiger partial charge in [-0.15, -0.1) is 0 Å². The Morgan fingerprint density at radius 2 is 2.37 bits per heavy atom. The molecular weight excluding hydrogens is 250 g/mol. The molecule has 0 spiro atoms. The van der Waals surface area contributed by atoms with Crippen molar-refractivity contribution in [3.63, 3.8) is 0 Å². The fourth-order valence-corrected chi connectivity index (χ4v) is 1.75. The summed E-state index contributed by atoms with van der Waals surface area (Å²) in [5.41, 5.74) is -0.0849. The summed E-state index contributed by atoms with van der Waals surface area (Å²) in [5.74, 6) is -0.123. The summed E-state index contributed by atoms with van der Waals surface area (Å²) < 4.78 is 5.29. The Hall–Kier alpha value is -2.15. The molecule has 19 heavy (non-hydrogen) atoms. The van der Waals surface area contributed by atoms with Crippen molar-refractivity contribution < 1.29 is 14.3 Å². The Balaban J connectivity index is 2.37. The standard InChI is InChI=1S/C12H15N3O4/c1-6(4-16)3-13-10(17)8-7(2)19-12-9(8)11(18)14-5-15-12/h5-6,16H,3-4H2,1-2H3,(H,13,17)(H,14,15,18). The van der Waals surface area contributed by atoms with Crippen molar-refractivity contribution in [1.29, 1.82) is 0 Å². The van der Waals surface area contributed by atoms with Crippen molar-refractivity contribution in [2.75, 3.05) is 13.2 Å². The second-order valence-electron chi connectivity index (χ2n) is 4.44. The zero-order valence-corrected chi connectivity index (χ0v) is 10.7. The third-order valence-electron chi connectivity index (χ3n) is 2.82. The molecule has 0 bridgehead atoms. The number of aromatic nitrogens is 2. The molecule has 0 saturated carbocycles. The molecule has 102 valence electrons. The van der Waals surface area contributed by atoms with Crippen LogP contribution in [0.15, 0.2) is 15.5 Å². The van der Waals surface area contributed by atoms with Crippen LogP contribution in [0.3, 0.4) is 0 Å². The number of rotatable bonds is 4. The van der Waals surface area contributed by atoms with E-state index < -0.39 is 11.5 Å². The lowest BCUT2D eigenvalue weighted by Crippen LogP contribution is -2.30. The fourth-order valence-electron chi connectivity index (χ4n) is 1.75. The van der Waals surface area contributed by atoms with Gasteiger partial charge in [0, 0.05) is 13.2 Å². The van der Waals surface area contributed by atoms with Crippen LogP contribution < -0.4 is 10.9 Å². The number of hydrogen-bond donors (Lipinski definition) is 3. The highest BCUT2D eigenvalue weighted by atomic mass is 16.3. The van der Waals surface area contributed by atoms with Gasteiger partial charge in [-0.3, -0.25) is 9.59 Å². The Morgan fingerprint density at radius 3 is 3.05 bits per heavy atom. The maximum absolute atomic E-state index is 12.1. The maximum Gasteiger partial charge on any atom is 0.262 e. The molecule has 0 fully saturated rings. The molecule has 1 amide bonds. The average Bonchev–Trinajstić information content (AvgIpc) is 2.73. The first kappa shape index (κ1) is 13.3. The van der Waals surface area contributed by atoms with Crippen LogP contribution in [0.25, 0.3) is 11.1 Å². The third kappa shape index (κ3) is 2.50. The minimum absolute atomic E-state index is 0.0203. The SMILES string of the molecule is Cc1oc2nc[nH]c(=O)c2c1C(=O)NCC(C)CO. The first-order chi connectivity index (χ1) is 9.04. The number of aromatic amines is 1. The van der Waals surface area contributed by atoms with Crippen molar-refractivity contribution in [2.45, 2.75) is 13.8 Å². The maximum atomic E-state index is 12.1. The predicted molar refractivity (Wildman–Crippen MR) is 67.9 cm³/mol. The van der Waals surface area contributed by atoms with Crippen LogP contribution in [-0.4, -0.2) is 34.1 Å². The predicted octanol–water partition coefficient (Wildman–Crippen LogP) is 0.183. The molecule has 2 aromatic rings. The summed E-state index contributed by atoms with van der Waals surface area (Å²) in [6.45, 7) is 3.70. The van der Waals surface area contributed by atoms with Gasteiger partial charge >= 0.3 is 0 Å². The molecule has 3 N–H and O–H groups in total. The monoisotopic (exact) mass is 265 g/mol. The van der Waals surface area contributed by atoms with Crippen molar-refractivity contribution in [3.05, 3.63) is 28.0 Å². The quantitative estimate of drug-likeness (QED) is 0.731. The molecule has 0 radical (unpaired) electrons. The van der Waals surface area contributed by atoms with Gasteiger partial charge in [-0.25, -0.2) is 4.98 Å². The molecule has 2 rings (SSSR count). The first-order valence-corrected chi connectivity index (χ1v) is 5.90. The topological polar surface area (TPSA) is 108 Å². The molecule has 7 nitrogen and oxygen atoms in total. The molecule has 0 aliphatic heterocycles. The summed E-state index contributed by atoms with van der Waals surface area (Å²) >= 11 is 0. The van der Waals surface area contributed by atoms with Crippen LogP contribution in [-0.2, 0) is 0 Å². The Kier molecular flexibility index (Phi) is 3.66. The summed E-state index contributed by atoms with van der Waals surface area (Å²) in [4.78, 5) is 30.1. The van der Waals surface area contributed by atoms with Crippen molar-refractivity contribution >= 4 is 17.0 Å². The van der Waals surface area contributed by atoms with E-state index in [4.69, 9.17) is 9.52 Å². The van der Waals surface area contributed by atoms with Gasteiger partial charge in [0.15, 0.2) is 0 Å². The fraction of sp³-hybridized carbons (Fsp3) is 0.417. The molecule has 0 aromatic carbocycles. The third-order valence-corrected chi connectivity index (χ3v) is 2.82. The van der Waals surface area contributed by atoms with E-state index in [0.29, 0.717) is 12.3 Å². The molecule has 7 heteroatoms. The van der Waals surface area contributed by atoms with E-state index in [0.717, 1.165) is 0 Å². The zero-order chi connectivity index (χ0) is 14.0. The minimum Gasteiger partial charge on any atom is -0.442 e. The van der Waals surface area contributed by atoms with Gasteiger partial charge in [0.1, 0.15) is 11.1 Å². The number of carbonyl (C=O) groups is 1. The van der Waals surface area contributed by atoms with Gasteiger partial charge in [0.2, 0.25) is 5.71 Å². The molecule has 0 aliphatic rings. The van der Waals surface area contributed by atoms with Crippen LogP contribution in [0.4, 0.5) is 0 Å². The second-order valence-corrected chi connectivity index (χ2v) is 4.44. The first-order valence-electron chi connectivity index (χ1n) is 5.90. The van der Waals surface area contributed by atoms with Crippen molar-refractivity contribution in [2.24, 2.45) is 5.92 Å². The van der Waals surface area contributed by atoms with E-state index in [1.54, 1.807) is 13.8 Å². The molecule has 0 aliphatic carbocycles. The van der Waals surface area contributed by atoms with Crippen LogP contribution >= 0.6 is 0 Å². The number of carbonyl (C=O) groups excluding carboxylic acids is 1. The van der Waals surface area contributed by atoms with Crippen LogP contribution in [0.2, 0.25) is 0 Å². The summed E-state index contributed by atoms with van der Waals surface area (Å²) in [5, 5.41) is 11.7. The van der Waals surface area contributed by atoms with E-state index in [9.17, 15) is 9.59 Å². The number of nitrogens with zero attached hydrogens (tertiary/aromatic N) is 1. The Labute approximate surface area is 108 Å². The zero-order valence-electron chi connectivity index (χ0n) is 10.7. The van der Waals surface area contributed by atoms with E-state index >= 15 is 0 Å². The molecule has 1 atom stereocenters. The van der Waals surface area contributed by atoms with E-state index in [-0.39, 0.29) is 29.2 Å². The summed E-state index contributed by atoms with van der Waals surface area (Å²) in [6.07, 6.45) is 1.23. The average molecular weight is 265 g/mol. The van der Waals surface area contributed by atoms with Crippen LogP contribution in [0, 0.1) is 12.8 Å². The lowest BCUT2D eigenvalue weighted by Gasteiger charge is -2.08. The second kappa shape index (κ2) is 5.23. The lowest BCUT2D eigenvalue weighted by atomic mass is 10.1. The summed E-state index contributed by atoms with van der Waals surface area (Å²) in [6, 6.07) is 0. The molecule has 2 aromatic heterocycles. The number of aryl methyl sites for hydroxylation is 1. The number of aliphatic hydroxyl groups excluding tert-OH is 1. The number of amides is 1. The number of hydrogen-bond acceptors (Lipinski definition) is 5. The number of aliphatic hydroxyl groups is 1. The van der Waals surface area contributed by atoms with Crippen molar-refractivity contribution in [1.82, 2.24) is 15.3 Å². The van der Waals surface area contributed by atoms with Gasteiger partial charge in [-0.1, -0.05) is 6.92 Å². The highest BCUT2D eigenvalue weighted by Crippen LogP contribution is 2.20. The number of fused-ring (bicyclic) bond motifs is 1. The van der Waals surface area contributed by atoms with Gasteiger partial charge in [-0.2, -0.15) is 0 Å². The lowest BCUT2D eigenvalue weighted by molar-refractivity contribution is 0.0942. The molecule has 0 saturated heterocycles. The van der Waals surface area contributed by atoms with Crippen molar-refractivity contribution in [3.8, 4) is 0 Å². The van der Waals surface area contributed by atoms with Crippen LogP contribution in [0.5, 0.6) is 0 Å². The summed E-state index contributed by atoms with van der Waals surface area (Å²) in [7, 11) is 0. The Morgan fingerprint density at radius 1 is 1.63 bits per heavy atom. The largest absolute Gasteiger partial charge is 0.442 e.